The number of anilines is 1. The number of nitrogens with zero attached hydrogens (tertiary/aromatic N) is 2. The quantitative estimate of drug-likeness (QED) is 0.849. The fourth-order valence-corrected chi connectivity index (χ4v) is 2.79. The van der Waals surface area contributed by atoms with Gasteiger partial charge in [-0.15, -0.1) is 11.3 Å². The van der Waals surface area contributed by atoms with E-state index in [0.717, 1.165) is 9.24 Å². The average Bonchev–Trinajstić information content (AvgIpc) is 2.77. The molecule has 0 aliphatic carbocycles. The van der Waals surface area contributed by atoms with E-state index in [2.05, 4.69) is 9.97 Å². The Morgan fingerprint density at radius 3 is 3.06 bits per heavy atom. The molecule has 0 aliphatic heterocycles. The summed E-state index contributed by atoms with van der Waals surface area (Å²) in [5, 5.41) is 2.75. The maximum atomic E-state index is 5.92. The lowest BCUT2D eigenvalue weighted by molar-refractivity contribution is 0.327. The van der Waals surface area contributed by atoms with Crippen LogP contribution in [-0.4, -0.2) is 16.6 Å². The standard InChI is InChI=1S/C10H11N3OS2/c1-2-14-9-8(11)10(13-6-12-9)16-7-4-3-5-15-7/h3-6H,2,11H2,1H3. The maximum Gasteiger partial charge on any atom is 0.241 e. The predicted molar refractivity (Wildman–Crippen MR) is 66.1 cm³/mol. The van der Waals surface area contributed by atoms with Crippen LogP contribution in [0, 0.1) is 0 Å². The fraction of sp³-hybridized carbons (Fsp3) is 0.200. The monoisotopic (exact) mass is 253 g/mol. The number of rotatable bonds is 4. The van der Waals surface area contributed by atoms with Crippen LogP contribution in [0.1, 0.15) is 6.92 Å². The van der Waals surface area contributed by atoms with E-state index in [1.807, 2.05) is 24.4 Å². The van der Waals surface area contributed by atoms with Gasteiger partial charge in [-0.1, -0.05) is 17.8 Å². The number of hydrogen-bond acceptors (Lipinski definition) is 6. The van der Waals surface area contributed by atoms with Gasteiger partial charge in [0.15, 0.2) is 0 Å². The van der Waals surface area contributed by atoms with Gasteiger partial charge >= 0.3 is 0 Å². The van der Waals surface area contributed by atoms with Crippen molar-refractivity contribution in [2.45, 2.75) is 16.2 Å². The van der Waals surface area contributed by atoms with Crippen LogP contribution < -0.4 is 10.5 Å². The summed E-state index contributed by atoms with van der Waals surface area (Å²) in [5.41, 5.74) is 6.42. The van der Waals surface area contributed by atoms with Crippen molar-refractivity contribution in [2.75, 3.05) is 12.3 Å². The van der Waals surface area contributed by atoms with Gasteiger partial charge in [0.2, 0.25) is 5.88 Å². The Morgan fingerprint density at radius 1 is 1.50 bits per heavy atom. The normalized spacial score (nSPS) is 10.3. The van der Waals surface area contributed by atoms with E-state index in [0.29, 0.717) is 18.2 Å². The minimum Gasteiger partial charge on any atom is -0.476 e. The van der Waals surface area contributed by atoms with Crippen molar-refractivity contribution < 1.29 is 4.74 Å². The smallest absolute Gasteiger partial charge is 0.241 e. The molecule has 2 N–H and O–H groups in total. The Balaban J connectivity index is 2.24. The molecule has 0 aliphatic rings. The molecule has 0 radical (unpaired) electrons. The van der Waals surface area contributed by atoms with E-state index in [9.17, 15) is 0 Å². The van der Waals surface area contributed by atoms with Crippen molar-refractivity contribution >= 4 is 28.8 Å². The van der Waals surface area contributed by atoms with Crippen LogP contribution in [0.2, 0.25) is 0 Å². The molecule has 0 fully saturated rings. The molecular weight excluding hydrogens is 242 g/mol. The lowest BCUT2D eigenvalue weighted by Crippen LogP contribution is -2.01. The third-order valence-electron chi connectivity index (χ3n) is 1.78. The second-order valence-electron chi connectivity index (χ2n) is 2.86. The van der Waals surface area contributed by atoms with E-state index in [-0.39, 0.29) is 0 Å². The van der Waals surface area contributed by atoms with Crippen molar-refractivity contribution in [3.63, 3.8) is 0 Å². The Labute approximate surface area is 102 Å². The summed E-state index contributed by atoms with van der Waals surface area (Å²) in [4.78, 5) is 8.14. The van der Waals surface area contributed by atoms with Gasteiger partial charge in [-0.25, -0.2) is 4.98 Å². The first-order valence-electron chi connectivity index (χ1n) is 4.76. The van der Waals surface area contributed by atoms with Crippen LogP contribution >= 0.6 is 23.1 Å². The second kappa shape index (κ2) is 5.18. The largest absolute Gasteiger partial charge is 0.476 e. The summed E-state index contributed by atoms with van der Waals surface area (Å²) < 4.78 is 6.46. The summed E-state index contributed by atoms with van der Waals surface area (Å²) >= 11 is 3.18. The Morgan fingerprint density at radius 2 is 2.38 bits per heavy atom. The highest BCUT2D eigenvalue weighted by atomic mass is 32.2. The number of thiophene rings is 1. The minimum atomic E-state index is 0.455. The van der Waals surface area contributed by atoms with Crippen LogP contribution in [0.25, 0.3) is 0 Å². The summed E-state index contributed by atoms with van der Waals surface area (Å²) in [6, 6.07) is 4.02. The first-order valence-corrected chi connectivity index (χ1v) is 6.45. The highest BCUT2D eigenvalue weighted by molar-refractivity contribution is 8.01. The topological polar surface area (TPSA) is 61.0 Å². The van der Waals surface area contributed by atoms with Crippen LogP contribution in [0.5, 0.6) is 5.88 Å². The Bertz CT molecular complexity index is 459. The van der Waals surface area contributed by atoms with Crippen molar-refractivity contribution in [1.29, 1.82) is 0 Å². The number of ether oxygens (including phenoxy) is 1. The third-order valence-corrected chi connectivity index (χ3v) is 3.84. The molecule has 6 heteroatoms. The molecule has 0 aromatic carbocycles. The zero-order chi connectivity index (χ0) is 11.4. The molecule has 0 bridgehead atoms. The van der Waals surface area contributed by atoms with Gasteiger partial charge in [0.1, 0.15) is 17.0 Å². The van der Waals surface area contributed by atoms with E-state index in [1.54, 1.807) is 11.3 Å². The number of hydrogen-bond donors (Lipinski definition) is 1. The molecule has 0 spiro atoms. The van der Waals surface area contributed by atoms with E-state index >= 15 is 0 Å². The van der Waals surface area contributed by atoms with Gasteiger partial charge in [-0.2, -0.15) is 4.98 Å². The molecule has 2 aromatic rings. The van der Waals surface area contributed by atoms with Crippen molar-refractivity contribution in [3.05, 3.63) is 23.8 Å². The van der Waals surface area contributed by atoms with Crippen LogP contribution in [-0.2, 0) is 0 Å². The molecule has 16 heavy (non-hydrogen) atoms. The predicted octanol–water partition coefficient (Wildman–Crippen LogP) is 2.67. The zero-order valence-corrected chi connectivity index (χ0v) is 10.3. The molecule has 2 aromatic heterocycles. The van der Waals surface area contributed by atoms with Gasteiger partial charge in [0, 0.05) is 0 Å². The summed E-state index contributed by atoms with van der Waals surface area (Å²) in [7, 11) is 0. The van der Waals surface area contributed by atoms with Gasteiger partial charge in [-0.05, 0) is 18.4 Å². The van der Waals surface area contributed by atoms with Crippen molar-refractivity contribution in [1.82, 2.24) is 9.97 Å². The molecule has 2 heterocycles. The van der Waals surface area contributed by atoms with Crippen molar-refractivity contribution in [2.24, 2.45) is 0 Å². The number of aromatic nitrogens is 2. The molecule has 0 amide bonds. The Hall–Kier alpha value is -1.27. The highest BCUT2D eigenvalue weighted by Gasteiger charge is 2.10. The molecule has 0 saturated carbocycles. The fourth-order valence-electron chi connectivity index (χ4n) is 1.11. The maximum absolute atomic E-state index is 5.92. The minimum absolute atomic E-state index is 0.455. The van der Waals surface area contributed by atoms with E-state index in [1.165, 1.54) is 18.1 Å². The molecule has 0 atom stereocenters. The first kappa shape index (κ1) is 11.2. The van der Waals surface area contributed by atoms with Crippen LogP contribution in [0.3, 0.4) is 0 Å². The highest BCUT2D eigenvalue weighted by Crippen LogP contribution is 2.35. The van der Waals surface area contributed by atoms with Gasteiger partial charge in [-0.3, -0.25) is 0 Å². The summed E-state index contributed by atoms with van der Waals surface area (Å²) in [6.07, 6.45) is 1.47. The lowest BCUT2D eigenvalue weighted by Gasteiger charge is -2.07. The molecule has 2 rings (SSSR count). The van der Waals surface area contributed by atoms with Gasteiger partial charge in [0.25, 0.3) is 0 Å². The SMILES string of the molecule is CCOc1ncnc(Sc2cccs2)c1N. The number of nitrogens with two attached hydrogens (primary N) is 1. The summed E-state index contributed by atoms with van der Waals surface area (Å²) in [6.45, 7) is 2.44. The summed E-state index contributed by atoms with van der Waals surface area (Å²) in [5.74, 6) is 0.455. The molecule has 0 unspecified atom stereocenters. The van der Waals surface area contributed by atoms with E-state index in [4.69, 9.17) is 10.5 Å². The molecule has 84 valence electrons. The zero-order valence-electron chi connectivity index (χ0n) is 8.71. The Kier molecular flexibility index (Phi) is 3.63. The number of nitrogen functional groups attached to an aromatic ring is 1. The van der Waals surface area contributed by atoms with Gasteiger partial charge in [0.05, 0.1) is 10.8 Å². The second-order valence-corrected chi connectivity index (χ2v) is 5.10. The van der Waals surface area contributed by atoms with Gasteiger partial charge < -0.3 is 10.5 Å². The molecule has 0 saturated heterocycles. The van der Waals surface area contributed by atoms with Crippen molar-refractivity contribution in [3.8, 4) is 5.88 Å². The first-order chi connectivity index (χ1) is 7.81. The van der Waals surface area contributed by atoms with Crippen LogP contribution in [0.4, 0.5) is 5.69 Å². The third kappa shape index (κ3) is 2.45. The molecule has 4 nitrogen and oxygen atoms in total. The average molecular weight is 253 g/mol. The molecular formula is C10H11N3OS2. The van der Waals surface area contributed by atoms with E-state index < -0.39 is 0 Å². The van der Waals surface area contributed by atoms with Crippen LogP contribution in [0.15, 0.2) is 33.1 Å². The lowest BCUT2D eigenvalue weighted by atomic mass is 10.5.